The highest BCUT2D eigenvalue weighted by molar-refractivity contribution is 5.77. The van der Waals surface area contributed by atoms with Gasteiger partial charge in [-0.05, 0) is 5.56 Å². The summed E-state index contributed by atoms with van der Waals surface area (Å²) in [5.74, 6) is -2.98. The van der Waals surface area contributed by atoms with Crippen molar-refractivity contribution in [3.8, 4) is 0 Å². The van der Waals surface area contributed by atoms with E-state index in [2.05, 4.69) is 0 Å². The lowest BCUT2D eigenvalue weighted by molar-refractivity contribution is -0.140. The standard InChI is InChI=1S/C11H13NO4.C2H6/c12-10(11(15)16)8(6-9(13)14)7-4-2-1-3-5-7;1-2/h1-5,8,10H,6,12H2,(H,13,14)(H,15,16);1-2H3. The molecule has 0 amide bonds. The van der Waals surface area contributed by atoms with Crippen LogP contribution in [0.3, 0.4) is 0 Å². The lowest BCUT2D eigenvalue weighted by Gasteiger charge is -2.19. The number of hydrogen-bond acceptors (Lipinski definition) is 3. The molecule has 5 heteroatoms. The fourth-order valence-electron chi connectivity index (χ4n) is 1.51. The number of rotatable bonds is 5. The van der Waals surface area contributed by atoms with Gasteiger partial charge in [0.1, 0.15) is 6.04 Å². The summed E-state index contributed by atoms with van der Waals surface area (Å²) in [5, 5.41) is 17.5. The molecule has 18 heavy (non-hydrogen) atoms. The fraction of sp³-hybridized carbons (Fsp3) is 0.385. The van der Waals surface area contributed by atoms with Crippen LogP contribution in [0, 0.1) is 0 Å². The Bertz CT molecular complexity index is 378. The van der Waals surface area contributed by atoms with Crippen LogP contribution in [-0.4, -0.2) is 28.2 Å². The maximum atomic E-state index is 10.8. The van der Waals surface area contributed by atoms with E-state index in [4.69, 9.17) is 15.9 Å². The molecule has 2 atom stereocenters. The Kier molecular flexibility index (Phi) is 7.38. The van der Waals surface area contributed by atoms with Gasteiger partial charge in [-0.15, -0.1) is 0 Å². The third kappa shape index (κ3) is 4.97. The first-order chi connectivity index (χ1) is 8.52. The molecular weight excluding hydrogens is 234 g/mol. The summed E-state index contributed by atoms with van der Waals surface area (Å²) in [6.07, 6.45) is -0.294. The molecule has 1 aromatic carbocycles. The molecule has 0 aromatic heterocycles. The second kappa shape index (κ2) is 8.25. The summed E-state index contributed by atoms with van der Waals surface area (Å²) < 4.78 is 0. The average Bonchev–Trinajstić information content (AvgIpc) is 2.38. The zero-order chi connectivity index (χ0) is 14.1. The highest BCUT2D eigenvalue weighted by Crippen LogP contribution is 2.22. The van der Waals surface area contributed by atoms with Gasteiger partial charge in [-0.2, -0.15) is 0 Å². The van der Waals surface area contributed by atoms with Crippen molar-refractivity contribution in [2.24, 2.45) is 5.73 Å². The van der Waals surface area contributed by atoms with Crippen molar-refractivity contribution < 1.29 is 19.8 Å². The molecule has 100 valence electrons. The molecule has 0 aliphatic carbocycles. The van der Waals surface area contributed by atoms with Crippen molar-refractivity contribution in [1.29, 1.82) is 0 Å². The number of carboxylic acid groups (broad SMARTS) is 2. The van der Waals surface area contributed by atoms with Crippen molar-refractivity contribution in [3.63, 3.8) is 0 Å². The first kappa shape index (κ1) is 16.1. The van der Waals surface area contributed by atoms with Crippen LogP contribution in [0.4, 0.5) is 0 Å². The van der Waals surface area contributed by atoms with Crippen LogP contribution in [0.2, 0.25) is 0 Å². The lowest BCUT2D eigenvalue weighted by Crippen LogP contribution is -2.37. The van der Waals surface area contributed by atoms with Gasteiger partial charge < -0.3 is 15.9 Å². The third-order valence-corrected chi connectivity index (χ3v) is 2.34. The fourth-order valence-corrected chi connectivity index (χ4v) is 1.51. The highest BCUT2D eigenvalue weighted by Gasteiger charge is 2.27. The predicted molar refractivity (Wildman–Crippen MR) is 68.4 cm³/mol. The molecule has 0 aliphatic heterocycles. The number of carbonyl (C=O) groups is 2. The van der Waals surface area contributed by atoms with E-state index in [1.165, 1.54) is 0 Å². The zero-order valence-electron chi connectivity index (χ0n) is 10.5. The van der Waals surface area contributed by atoms with Gasteiger partial charge in [0.25, 0.3) is 0 Å². The highest BCUT2D eigenvalue weighted by atomic mass is 16.4. The molecule has 0 fully saturated rings. The first-order valence-corrected chi connectivity index (χ1v) is 5.77. The van der Waals surface area contributed by atoms with E-state index < -0.39 is 23.9 Å². The van der Waals surface area contributed by atoms with Crippen molar-refractivity contribution in [2.45, 2.75) is 32.2 Å². The minimum absolute atomic E-state index is 0.294. The van der Waals surface area contributed by atoms with Crippen LogP contribution in [0.15, 0.2) is 30.3 Å². The second-order valence-electron chi connectivity index (χ2n) is 3.48. The van der Waals surface area contributed by atoms with Gasteiger partial charge in [-0.3, -0.25) is 9.59 Å². The van der Waals surface area contributed by atoms with E-state index in [9.17, 15) is 9.59 Å². The summed E-state index contributed by atoms with van der Waals surface area (Å²) in [4.78, 5) is 21.4. The minimum Gasteiger partial charge on any atom is -0.481 e. The molecule has 1 rings (SSSR count). The quantitative estimate of drug-likeness (QED) is 0.741. The van der Waals surface area contributed by atoms with E-state index in [1.807, 2.05) is 13.8 Å². The molecular formula is C13H19NO4. The Labute approximate surface area is 106 Å². The number of carboxylic acids is 2. The monoisotopic (exact) mass is 253 g/mol. The van der Waals surface area contributed by atoms with Crippen LogP contribution in [0.5, 0.6) is 0 Å². The molecule has 0 bridgehead atoms. The van der Waals surface area contributed by atoms with E-state index in [0.29, 0.717) is 5.56 Å². The molecule has 4 N–H and O–H groups in total. The van der Waals surface area contributed by atoms with Gasteiger partial charge in [0, 0.05) is 5.92 Å². The maximum Gasteiger partial charge on any atom is 0.321 e. The molecule has 1 aromatic rings. The number of aliphatic carboxylic acids is 2. The van der Waals surface area contributed by atoms with Gasteiger partial charge in [0.2, 0.25) is 0 Å². The predicted octanol–water partition coefficient (Wildman–Crippen LogP) is 1.68. The lowest BCUT2D eigenvalue weighted by atomic mass is 9.89. The molecule has 2 unspecified atom stereocenters. The normalized spacial score (nSPS) is 12.8. The minimum atomic E-state index is -1.21. The van der Waals surface area contributed by atoms with Gasteiger partial charge >= 0.3 is 11.9 Å². The SMILES string of the molecule is CC.NC(C(=O)O)C(CC(=O)O)c1ccccc1. The van der Waals surface area contributed by atoms with Crippen LogP contribution in [0.25, 0.3) is 0 Å². The van der Waals surface area contributed by atoms with E-state index in [-0.39, 0.29) is 6.42 Å². The van der Waals surface area contributed by atoms with Gasteiger partial charge in [-0.25, -0.2) is 0 Å². The van der Waals surface area contributed by atoms with Crippen LogP contribution in [-0.2, 0) is 9.59 Å². The third-order valence-electron chi connectivity index (χ3n) is 2.34. The van der Waals surface area contributed by atoms with Crippen LogP contribution in [0.1, 0.15) is 31.7 Å². The number of nitrogens with two attached hydrogens (primary N) is 1. The summed E-state index contributed by atoms with van der Waals surface area (Å²) in [5.41, 5.74) is 6.10. The first-order valence-electron chi connectivity index (χ1n) is 5.77. The van der Waals surface area contributed by atoms with Crippen LogP contribution >= 0.6 is 0 Å². The van der Waals surface area contributed by atoms with Crippen molar-refractivity contribution in [3.05, 3.63) is 35.9 Å². The van der Waals surface area contributed by atoms with E-state index in [1.54, 1.807) is 30.3 Å². The summed E-state index contributed by atoms with van der Waals surface area (Å²) in [6, 6.07) is 7.36. The molecule has 5 nitrogen and oxygen atoms in total. The van der Waals surface area contributed by atoms with Crippen molar-refractivity contribution in [2.75, 3.05) is 0 Å². The smallest absolute Gasteiger partial charge is 0.321 e. The molecule has 0 radical (unpaired) electrons. The van der Waals surface area contributed by atoms with Crippen LogP contribution < -0.4 is 5.73 Å². The number of benzene rings is 1. The van der Waals surface area contributed by atoms with Gasteiger partial charge in [0.05, 0.1) is 6.42 Å². The maximum absolute atomic E-state index is 10.8. The Morgan fingerprint density at radius 2 is 1.67 bits per heavy atom. The Balaban J connectivity index is 0.00000137. The second-order valence-corrected chi connectivity index (χ2v) is 3.48. The summed E-state index contributed by atoms with van der Waals surface area (Å²) in [6.45, 7) is 4.00. The van der Waals surface area contributed by atoms with Crippen molar-refractivity contribution >= 4 is 11.9 Å². The molecule has 0 aliphatic rings. The summed E-state index contributed by atoms with van der Waals surface area (Å²) >= 11 is 0. The Morgan fingerprint density at radius 1 is 1.17 bits per heavy atom. The van der Waals surface area contributed by atoms with E-state index >= 15 is 0 Å². The molecule has 0 saturated carbocycles. The van der Waals surface area contributed by atoms with E-state index in [0.717, 1.165) is 0 Å². The molecule has 0 spiro atoms. The average molecular weight is 253 g/mol. The Morgan fingerprint density at radius 3 is 2.06 bits per heavy atom. The molecule has 0 heterocycles. The van der Waals surface area contributed by atoms with Gasteiger partial charge in [0.15, 0.2) is 0 Å². The topological polar surface area (TPSA) is 101 Å². The summed E-state index contributed by atoms with van der Waals surface area (Å²) in [7, 11) is 0. The van der Waals surface area contributed by atoms with Crippen molar-refractivity contribution in [1.82, 2.24) is 0 Å². The largest absolute Gasteiger partial charge is 0.481 e. The Hall–Kier alpha value is -1.88. The number of hydrogen-bond donors (Lipinski definition) is 3. The zero-order valence-corrected chi connectivity index (χ0v) is 10.5. The van der Waals surface area contributed by atoms with Gasteiger partial charge in [-0.1, -0.05) is 44.2 Å². The molecule has 0 saturated heterocycles.